The number of ether oxygens (including phenoxy) is 1. The molecule has 0 amide bonds. The summed E-state index contributed by atoms with van der Waals surface area (Å²) in [5.74, 6) is -0.265. The summed E-state index contributed by atoms with van der Waals surface area (Å²) < 4.78 is 4.74. The van der Waals surface area contributed by atoms with E-state index in [0.717, 1.165) is 6.42 Å². The lowest BCUT2D eigenvalue weighted by atomic mass is 10.3. The second kappa shape index (κ2) is 5.54. The lowest BCUT2D eigenvalue weighted by Crippen LogP contribution is -1.98. The van der Waals surface area contributed by atoms with Crippen LogP contribution in [-0.4, -0.2) is 12.6 Å². The van der Waals surface area contributed by atoms with Crippen LogP contribution in [0.2, 0.25) is 0 Å². The van der Waals surface area contributed by atoms with Crippen molar-refractivity contribution in [3.05, 3.63) is 34.5 Å². The van der Waals surface area contributed by atoms with Crippen LogP contribution in [-0.2, 0) is 16.0 Å². The monoisotopic (exact) mass is 196 g/mol. The van der Waals surface area contributed by atoms with Gasteiger partial charge in [-0.25, -0.2) is 4.79 Å². The van der Waals surface area contributed by atoms with Crippen molar-refractivity contribution < 1.29 is 9.53 Å². The Morgan fingerprint density at radius 1 is 1.69 bits per heavy atom. The maximum absolute atomic E-state index is 10.9. The van der Waals surface area contributed by atoms with E-state index in [2.05, 4.69) is 0 Å². The van der Waals surface area contributed by atoms with Crippen LogP contribution in [0.25, 0.3) is 0 Å². The summed E-state index contributed by atoms with van der Waals surface area (Å²) >= 11 is 1.68. The molecule has 0 aromatic carbocycles. The molecule has 0 unspecified atom stereocenters. The number of allylic oxidation sites excluding steroid dienone is 1. The Morgan fingerprint density at radius 3 is 3.15 bits per heavy atom. The van der Waals surface area contributed by atoms with Crippen molar-refractivity contribution in [2.75, 3.05) is 6.61 Å². The van der Waals surface area contributed by atoms with Crippen molar-refractivity contribution in [2.24, 2.45) is 0 Å². The number of hydrogen-bond donors (Lipinski definition) is 0. The fourth-order valence-corrected chi connectivity index (χ4v) is 1.57. The number of thiophene rings is 1. The number of hydrogen-bond acceptors (Lipinski definition) is 3. The maximum atomic E-state index is 10.9. The van der Waals surface area contributed by atoms with Gasteiger partial charge in [0, 0.05) is 17.4 Å². The largest absolute Gasteiger partial charge is 0.463 e. The first-order valence-electron chi connectivity index (χ1n) is 4.18. The Morgan fingerprint density at radius 2 is 2.54 bits per heavy atom. The van der Waals surface area contributed by atoms with Gasteiger partial charge in [0.25, 0.3) is 0 Å². The first-order chi connectivity index (χ1) is 6.33. The quantitative estimate of drug-likeness (QED) is 0.546. The number of carbonyl (C=O) groups excluding carboxylic acids is 1. The van der Waals surface area contributed by atoms with Crippen LogP contribution in [0.15, 0.2) is 29.7 Å². The highest BCUT2D eigenvalue weighted by Gasteiger charge is 1.93. The molecule has 0 spiro atoms. The third-order valence-electron chi connectivity index (χ3n) is 1.44. The molecule has 0 bridgehead atoms. The molecule has 0 radical (unpaired) electrons. The van der Waals surface area contributed by atoms with E-state index in [1.165, 1.54) is 11.0 Å². The average molecular weight is 196 g/mol. The highest BCUT2D eigenvalue weighted by atomic mass is 32.1. The topological polar surface area (TPSA) is 26.3 Å². The van der Waals surface area contributed by atoms with Gasteiger partial charge in [-0.3, -0.25) is 0 Å². The molecule has 1 heterocycles. The van der Waals surface area contributed by atoms with Gasteiger partial charge >= 0.3 is 5.97 Å². The lowest BCUT2D eigenvalue weighted by Gasteiger charge is -1.93. The molecule has 2 nitrogen and oxygen atoms in total. The molecule has 0 saturated heterocycles. The Labute approximate surface area is 81.8 Å². The predicted molar refractivity (Wildman–Crippen MR) is 53.8 cm³/mol. The van der Waals surface area contributed by atoms with Gasteiger partial charge < -0.3 is 4.74 Å². The van der Waals surface area contributed by atoms with E-state index in [1.54, 1.807) is 18.3 Å². The van der Waals surface area contributed by atoms with Crippen LogP contribution in [0.3, 0.4) is 0 Å². The van der Waals surface area contributed by atoms with Crippen molar-refractivity contribution >= 4 is 17.3 Å². The fraction of sp³-hybridized carbons (Fsp3) is 0.300. The second-order valence-electron chi connectivity index (χ2n) is 2.44. The summed E-state index contributed by atoms with van der Waals surface area (Å²) in [7, 11) is 0. The van der Waals surface area contributed by atoms with Crippen molar-refractivity contribution in [3.63, 3.8) is 0 Å². The predicted octanol–water partition coefficient (Wildman–Crippen LogP) is 2.41. The van der Waals surface area contributed by atoms with E-state index < -0.39 is 0 Å². The van der Waals surface area contributed by atoms with E-state index in [-0.39, 0.29) is 5.97 Å². The summed E-state index contributed by atoms with van der Waals surface area (Å²) in [6.45, 7) is 2.23. The van der Waals surface area contributed by atoms with Crippen LogP contribution >= 0.6 is 11.3 Å². The van der Waals surface area contributed by atoms with Crippen LogP contribution in [0.4, 0.5) is 0 Å². The zero-order valence-corrected chi connectivity index (χ0v) is 8.34. The van der Waals surface area contributed by atoms with Gasteiger partial charge in [0.15, 0.2) is 0 Å². The normalized spacial score (nSPS) is 10.5. The zero-order chi connectivity index (χ0) is 9.52. The van der Waals surface area contributed by atoms with Crippen LogP contribution in [0, 0.1) is 0 Å². The molecule has 1 aromatic rings. The highest BCUT2D eigenvalue weighted by Crippen LogP contribution is 2.09. The first kappa shape index (κ1) is 9.99. The standard InChI is InChI=1S/C10H12O2S/c1-2-12-10(11)7-3-5-9-6-4-8-13-9/h3-4,6-8H,2,5H2,1H3/b7-3+. The van der Waals surface area contributed by atoms with Gasteiger partial charge in [0.1, 0.15) is 0 Å². The molecular weight excluding hydrogens is 184 g/mol. The first-order valence-corrected chi connectivity index (χ1v) is 5.06. The maximum Gasteiger partial charge on any atom is 0.330 e. The Hall–Kier alpha value is -1.09. The van der Waals surface area contributed by atoms with E-state index in [1.807, 2.05) is 23.6 Å². The summed E-state index contributed by atoms with van der Waals surface area (Å²) in [5.41, 5.74) is 0. The van der Waals surface area contributed by atoms with Crippen LogP contribution in [0.5, 0.6) is 0 Å². The molecule has 0 atom stereocenters. The molecule has 1 rings (SSSR count). The third-order valence-corrected chi connectivity index (χ3v) is 2.34. The molecule has 0 aliphatic carbocycles. The third kappa shape index (κ3) is 3.90. The van der Waals surface area contributed by atoms with Crippen LogP contribution < -0.4 is 0 Å². The molecule has 0 aliphatic rings. The van der Waals surface area contributed by atoms with Gasteiger partial charge in [-0.05, 0) is 18.4 Å². The smallest absolute Gasteiger partial charge is 0.330 e. The fourth-order valence-electron chi connectivity index (χ4n) is 0.890. The molecule has 3 heteroatoms. The Balaban J connectivity index is 2.29. The minimum atomic E-state index is -0.265. The van der Waals surface area contributed by atoms with Crippen molar-refractivity contribution in [1.82, 2.24) is 0 Å². The molecule has 0 fully saturated rings. The SMILES string of the molecule is CCOC(=O)/C=C/Cc1cccs1. The lowest BCUT2D eigenvalue weighted by molar-refractivity contribution is -0.137. The molecule has 70 valence electrons. The van der Waals surface area contributed by atoms with Gasteiger partial charge in [-0.2, -0.15) is 0 Å². The van der Waals surface area contributed by atoms with Crippen molar-refractivity contribution in [3.8, 4) is 0 Å². The van der Waals surface area contributed by atoms with Crippen molar-refractivity contribution in [2.45, 2.75) is 13.3 Å². The summed E-state index contributed by atoms with van der Waals surface area (Å²) in [6, 6.07) is 4.04. The molecule has 1 aromatic heterocycles. The number of carbonyl (C=O) groups is 1. The number of esters is 1. The second-order valence-corrected chi connectivity index (χ2v) is 3.47. The molecule has 0 saturated carbocycles. The van der Waals surface area contributed by atoms with E-state index in [9.17, 15) is 4.79 Å². The summed E-state index contributed by atoms with van der Waals surface area (Å²) in [5, 5.41) is 2.02. The van der Waals surface area contributed by atoms with Gasteiger partial charge in [0.05, 0.1) is 6.61 Å². The zero-order valence-electron chi connectivity index (χ0n) is 7.53. The molecule has 0 N–H and O–H groups in total. The highest BCUT2D eigenvalue weighted by molar-refractivity contribution is 7.09. The van der Waals surface area contributed by atoms with E-state index in [4.69, 9.17) is 4.74 Å². The number of rotatable bonds is 4. The Kier molecular flexibility index (Phi) is 4.26. The van der Waals surface area contributed by atoms with Crippen molar-refractivity contribution in [1.29, 1.82) is 0 Å². The van der Waals surface area contributed by atoms with Gasteiger partial charge in [-0.1, -0.05) is 12.1 Å². The van der Waals surface area contributed by atoms with Gasteiger partial charge in [-0.15, -0.1) is 11.3 Å². The summed E-state index contributed by atoms with van der Waals surface area (Å²) in [6.07, 6.45) is 4.10. The van der Waals surface area contributed by atoms with E-state index in [0.29, 0.717) is 6.61 Å². The van der Waals surface area contributed by atoms with E-state index >= 15 is 0 Å². The Bertz CT molecular complexity index is 275. The summed E-state index contributed by atoms with van der Waals surface area (Å²) in [4.78, 5) is 12.1. The van der Waals surface area contributed by atoms with Gasteiger partial charge in [0.2, 0.25) is 0 Å². The average Bonchev–Trinajstić information content (AvgIpc) is 2.57. The van der Waals surface area contributed by atoms with Crippen LogP contribution in [0.1, 0.15) is 11.8 Å². The minimum absolute atomic E-state index is 0.265. The molecular formula is C10H12O2S. The minimum Gasteiger partial charge on any atom is -0.463 e. The molecule has 0 aliphatic heterocycles. The molecule has 13 heavy (non-hydrogen) atoms.